The number of carbonyl (C=O) groups is 1. The van der Waals surface area contributed by atoms with Gasteiger partial charge in [0.15, 0.2) is 17.3 Å². The molecule has 7 heteroatoms. The molecule has 0 saturated carbocycles. The summed E-state index contributed by atoms with van der Waals surface area (Å²) in [5, 5.41) is 56.7. The molecule has 6 N–H and O–H groups in total. The van der Waals surface area contributed by atoms with Crippen LogP contribution in [0.4, 0.5) is 0 Å². The minimum absolute atomic E-state index is 0.0122. The first-order valence-electron chi connectivity index (χ1n) is 6.32. The van der Waals surface area contributed by atoms with Gasteiger partial charge in [0.2, 0.25) is 5.75 Å². The van der Waals surface area contributed by atoms with Crippen molar-refractivity contribution in [2.75, 3.05) is 0 Å². The van der Waals surface area contributed by atoms with Crippen molar-refractivity contribution in [2.24, 2.45) is 0 Å². The van der Waals surface area contributed by atoms with E-state index in [0.717, 1.165) is 12.1 Å². The van der Waals surface area contributed by atoms with Gasteiger partial charge in [0.1, 0.15) is 22.8 Å². The first-order chi connectivity index (χ1) is 10.3. The van der Waals surface area contributed by atoms with Gasteiger partial charge < -0.3 is 30.6 Å². The molecular formula is C15H14O7. The summed E-state index contributed by atoms with van der Waals surface area (Å²) in [5.41, 5.74) is -0.110. The quantitative estimate of drug-likeness (QED) is 0.373. The maximum Gasteiger partial charge on any atom is 0.200 e. The van der Waals surface area contributed by atoms with Gasteiger partial charge in [-0.3, -0.25) is 4.79 Å². The summed E-state index contributed by atoms with van der Waals surface area (Å²) in [6.07, 6.45) is -0.165. The highest BCUT2D eigenvalue weighted by molar-refractivity contribution is 6.01. The smallest absolute Gasteiger partial charge is 0.200 e. The van der Waals surface area contributed by atoms with Gasteiger partial charge in [0.05, 0.1) is 0 Å². The van der Waals surface area contributed by atoms with E-state index in [4.69, 9.17) is 0 Å². The van der Waals surface area contributed by atoms with Crippen LogP contribution in [0.5, 0.6) is 34.5 Å². The van der Waals surface area contributed by atoms with Gasteiger partial charge in [-0.1, -0.05) is 6.07 Å². The number of phenolic OH excluding ortho intramolecular Hbond substituents is 6. The van der Waals surface area contributed by atoms with E-state index >= 15 is 0 Å². The molecular weight excluding hydrogens is 292 g/mol. The molecule has 0 aliphatic rings. The molecule has 0 aliphatic heterocycles. The molecule has 0 heterocycles. The van der Waals surface area contributed by atoms with Crippen molar-refractivity contribution in [1.82, 2.24) is 0 Å². The molecule has 2 aromatic rings. The normalized spacial score (nSPS) is 10.5. The number of Topliss-reactive ketones (excluding diaryl/α,β-unsaturated/α-hetero) is 1. The van der Waals surface area contributed by atoms with Gasteiger partial charge in [-0.05, 0) is 18.1 Å². The standard InChI is InChI=1S/C15H14O7/c16-8-5-11(19)13(12(20)6-8)9(17)3-1-7-2-4-10(18)15(22)14(7)21/h2,4-6,16,18-22H,1,3H2. The van der Waals surface area contributed by atoms with Crippen LogP contribution in [0.2, 0.25) is 0 Å². The lowest BCUT2D eigenvalue weighted by molar-refractivity contribution is 0.0977. The van der Waals surface area contributed by atoms with Crippen molar-refractivity contribution in [2.45, 2.75) is 12.8 Å². The molecule has 0 saturated heterocycles. The predicted octanol–water partition coefficient (Wildman–Crippen LogP) is 1.74. The lowest BCUT2D eigenvalue weighted by Crippen LogP contribution is -2.02. The fraction of sp³-hybridized carbons (Fsp3) is 0.133. The Morgan fingerprint density at radius 2 is 1.41 bits per heavy atom. The summed E-state index contributed by atoms with van der Waals surface area (Å²) < 4.78 is 0. The van der Waals surface area contributed by atoms with Gasteiger partial charge in [-0.25, -0.2) is 0 Å². The summed E-state index contributed by atoms with van der Waals surface area (Å²) >= 11 is 0. The Bertz CT molecular complexity index is 714. The Balaban J connectivity index is 2.19. The Morgan fingerprint density at radius 1 is 0.818 bits per heavy atom. The number of phenols is 6. The van der Waals surface area contributed by atoms with Crippen molar-refractivity contribution >= 4 is 5.78 Å². The zero-order chi connectivity index (χ0) is 16.4. The third-order valence-corrected chi connectivity index (χ3v) is 3.20. The topological polar surface area (TPSA) is 138 Å². The molecule has 22 heavy (non-hydrogen) atoms. The van der Waals surface area contributed by atoms with E-state index in [1.54, 1.807) is 0 Å². The Labute approximate surface area is 125 Å². The average molecular weight is 306 g/mol. The maximum atomic E-state index is 12.0. The van der Waals surface area contributed by atoms with Gasteiger partial charge in [0.25, 0.3) is 0 Å². The summed E-state index contributed by atoms with van der Waals surface area (Å²) in [6, 6.07) is 4.37. The van der Waals surface area contributed by atoms with Gasteiger partial charge in [-0.15, -0.1) is 0 Å². The van der Waals surface area contributed by atoms with E-state index in [0.29, 0.717) is 0 Å². The lowest BCUT2D eigenvalue weighted by Gasteiger charge is -2.09. The monoisotopic (exact) mass is 306 g/mol. The number of hydrogen-bond acceptors (Lipinski definition) is 7. The van der Waals surface area contributed by atoms with Crippen LogP contribution >= 0.6 is 0 Å². The number of hydrogen-bond donors (Lipinski definition) is 6. The SMILES string of the molecule is O=C(CCc1ccc(O)c(O)c1O)c1c(O)cc(O)cc1O. The van der Waals surface area contributed by atoms with Gasteiger partial charge in [-0.2, -0.15) is 0 Å². The Morgan fingerprint density at radius 3 is 2.00 bits per heavy atom. The van der Waals surface area contributed by atoms with Crippen LogP contribution in [0.1, 0.15) is 22.3 Å². The second kappa shape index (κ2) is 5.72. The molecule has 0 amide bonds. The second-order valence-corrected chi connectivity index (χ2v) is 4.72. The highest BCUT2D eigenvalue weighted by atomic mass is 16.3. The number of ketones is 1. The molecule has 0 aromatic heterocycles. The first-order valence-corrected chi connectivity index (χ1v) is 6.32. The predicted molar refractivity (Wildman–Crippen MR) is 75.5 cm³/mol. The fourth-order valence-electron chi connectivity index (χ4n) is 2.07. The highest BCUT2D eigenvalue weighted by Crippen LogP contribution is 2.38. The number of benzene rings is 2. The fourth-order valence-corrected chi connectivity index (χ4v) is 2.07. The van der Waals surface area contributed by atoms with E-state index < -0.39 is 34.5 Å². The lowest BCUT2D eigenvalue weighted by atomic mass is 10.00. The molecule has 2 aromatic carbocycles. The summed E-state index contributed by atoms with van der Waals surface area (Å²) in [7, 11) is 0. The van der Waals surface area contributed by atoms with Gasteiger partial charge in [0, 0.05) is 18.6 Å². The van der Waals surface area contributed by atoms with Crippen molar-refractivity contribution < 1.29 is 35.4 Å². The Hall–Kier alpha value is -3.09. The van der Waals surface area contributed by atoms with E-state index in [1.807, 2.05) is 0 Å². The summed E-state index contributed by atoms with van der Waals surface area (Å²) in [5.74, 6) is -3.80. The molecule has 0 bridgehead atoms. The van der Waals surface area contributed by atoms with E-state index in [9.17, 15) is 35.4 Å². The zero-order valence-corrected chi connectivity index (χ0v) is 11.3. The molecule has 0 fully saturated rings. The highest BCUT2D eigenvalue weighted by Gasteiger charge is 2.19. The third-order valence-electron chi connectivity index (χ3n) is 3.20. The molecule has 2 rings (SSSR count). The molecule has 0 radical (unpaired) electrons. The number of carbonyl (C=O) groups excluding carboxylic acids is 1. The van der Waals surface area contributed by atoms with Crippen LogP contribution in [0, 0.1) is 0 Å². The minimum atomic E-state index is -0.680. The van der Waals surface area contributed by atoms with Crippen LogP contribution in [0.15, 0.2) is 24.3 Å². The second-order valence-electron chi connectivity index (χ2n) is 4.72. The summed E-state index contributed by atoms with van der Waals surface area (Å²) in [4.78, 5) is 12.0. The maximum absolute atomic E-state index is 12.0. The zero-order valence-electron chi connectivity index (χ0n) is 11.3. The number of aromatic hydroxyl groups is 6. The minimum Gasteiger partial charge on any atom is -0.508 e. The van der Waals surface area contributed by atoms with Crippen LogP contribution in [0.3, 0.4) is 0 Å². The molecule has 0 unspecified atom stereocenters. The molecule has 0 spiro atoms. The van der Waals surface area contributed by atoms with Crippen molar-refractivity contribution in [1.29, 1.82) is 0 Å². The van der Waals surface area contributed by atoms with Crippen LogP contribution in [-0.2, 0) is 6.42 Å². The number of aryl methyl sites for hydroxylation is 1. The summed E-state index contributed by atoms with van der Waals surface area (Å²) in [6.45, 7) is 0. The molecule has 0 aliphatic carbocycles. The average Bonchev–Trinajstić information content (AvgIpc) is 2.43. The van der Waals surface area contributed by atoms with Crippen molar-refractivity contribution in [3.63, 3.8) is 0 Å². The van der Waals surface area contributed by atoms with Gasteiger partial charge >= 0.3 is 0 Å². The van der Waals surface area contributed by atoms with E-state index in [-0.39, 0.29) is 29.7 Å². The van der Waals surface area contributed by atoms with E-state index in [1.165, 1.54) is 12.1 Å². The van der Waals surface area contributed by atoms with Crippen LogP contribution < -0.4 is 0 Å². The third kappa shape index (κ3) is 2.83. The largest absolute Gasteiger partial charge is 0.508 e. The molecule has 7 nitrogen and oxygen atoms in total. The first kappa shape index (κ1) is 15.3. The van der Waals surface area contributed by atoms with Crippen LogP contribution in [-0.4, -0.2) is 36.4 Å². The Kier molecular flexibility index (Phi) is 3.98. The van der Waals surface area contributed by atoms with E-state index in [2.05, 4.69) is 0 Å². The van der Waals surface area contributed by atoms with Crippen molar-refractivity contribution in [3.8, 4) is 34.5 Å². The molecule has 0 atom stereocenters. The number of rotatable bonds is 4. The van der Waals surface area contributed by atoms with Crippen LogP contribution in [0.25, 0.3) is 0 Å². The molecule has 116 valence electrons. The van der Waals surface area contributed by atoms with Crippen molar-refractivity contribution in [3.05, 3.63) is 35.4 Å².